The SMILES string of the molecule is CC1CC(=O)NC(C)(C)C(=O)N1Cc1ccncc1. The van der Waals surface area contributed by atoms with E-state index in [4.69, 9.17) is 0 Å². The van der Waals surface area contributed by atoms with Gasteiger partial charge in [-0.1, -0.05) is 0 Å². The molecule has 102 valence electrons. The normalized spacial score (nSPS) is 22.9. The minimum Gasteiger partial charge on any atom is -0.342 e. The predicted molar refractivity (Wildman–Crippen MR) is 71.1 cm³/mol. The number of aromatic nitrogens is 1. The van der Waals surface area contributed by atoms with Gasteiger partial charge >= 0.3 is 0 Å². The molecule has 1 aromatic rings. The lowest BCUT2D eigenvalue weighted by Gasteiger charge is -2.32. The summed E-state index contributed by atoms with van der Waals surface area (Å²) in [5.41, 5.74) is 0.162. The van der Waals surface area contributed by atoms with Crippen molar-refractivity contribution >= 4 is 11.8 Å². The zero-order chi connectivity index (χ0) is 14.0. The summed E-state index contributed by atoms with van der Waals surface area (Å²) in [5, 5.41) is 2.77. The lowest BCUT2D eigenvalue weighted by Crippen LogP contribution is -2.53. The van der Waals surface area contributed by atoms with E-state index in [1.807, 2.05) is 19.1 Å². The first-order chi connectivity index (χ1) is 8.90. The average Bonchev–Trinajstić information content (AvgIpc) is 2.41. The second-order valence-electron chi connectivity index (χ2n) is 5.51. The number of hydrogen-bond acceptors (Lipinski definition) is 3. The van der Waals surface area contributed by atoms with E-state index in [0.29, 0.717) is 13.0 Å². The smallest absolute Gasteiger partial charge is 0.248 e. The minimum absolute atomic E-state index is 0.0531. The van der Waals surface area contributed by atoms with Gasteiger partial charge in [0.1, 0.15) is 5.54 Å². The first-order valence-electron chi connectivity index (χ1n) is 6.41. The molecule has 0 saturated carbocycles. The molecule has 5 nitrogen and oxygen atoms in total. The van der Waals surface area contributed by atoms with Gasteiger partial charge in [0.05, 0.1) is 0 Å². The Bertz CT molecular complexity index is 485. The van der Waals surface area contributed by atoms with Crippen molar-refractivity contribution < 1.29 is 9.59 Å². The Morgan fingerprint density at radius 3 is 2.63 bits per heavy atom. The van der Waals surface area contributed by atoms with Crippen LogP contribution in [-0.4, -0.2) is 33.3 Å². The van der Waals surface area contributed by atoms with Crippen molar-refractivity contribution in [2.24, 2.45) is 0 Å². The molecule has 5 heteroatoms. The van der Waals surface area contributed by atoms with Crippen LogP contribution >= 0.6 is 0 Å². The summed E-state index contributed by atoms with van der Waals surface area (Å²) in [4.78, 5) is 30.0. The summed E-state index contributed by atoms with van der Waals surface area (Å²) in [6, 6.07) is 3.66. The number of amides is 2. The zero-order valence-corrected chi connectivity index (χ0v) is 11.5. The fourth-order valence-electron chi connectivity index (χ4n) is 2.30. The largest absolute Gasteiger partial charge is 0.342 e. The van der Waals surface area contributed by atoms with Crippen LogP contribution in [0.1, 0.15) is 32.8 Å². The summed E-state index contributed by atoms with van der Waals surface area (Å²) in [6.07, 6.45) is 3.74. The van der Waals surface area contributed by atoms with Crippen LogP contribution in [0.5, 0.6) is 0 Å². The van der Waals surface area contributed by atoms with Crippen LogP contribution in [0.15, 0.2) is 24.5 Å². The number of rotatable bonds is 2. The topological polar surface area (TPSA) is 62.3 Å². The number of carbonyl (C=O) groups excluding carboxylic acids is 2. The van der Waals surface area contributed by atoms with Gasteiger partial charge in [-0.25, -0.2) is 0 Å². The third-order valence-electron chi connectivity index (χ3n) is 3.36. The van der Waals surface area contributed by atoms with E-state index in [2.05, 4.69) is 10.3 Å². The Morgan fingerprint density at radius 1 is 1.37 bits per heavy atom. The van der Waals surface area contributed by atoms with E-state index < -0.39 is 5.54 Å². The van der Waals surface area contributed by atoms with Crippen LogP contribution in [0.4, 0.5) is 0 Å². The van der Waals surface area contributed by atoms with Crippen LogP contribution in [0.2, 0.25) is 0 Å². The van der Waals surface area contributed by atoms with Gasteiger partial charge in [0.15, 0.2) is 0 Å². The van der Waals surface area contributed by atoms with E-state index >= 15 is 0 Å². The zero-order valence-electron chi connectivity index (χ0n) is 11.5. The van der Waals surface area contributed by atoms with Gasteiger partial charge in [-0.2, -0.15) is 0 Å². The molecule has 0 aromatic carbocycles. The Hall–Kier alpha value is -1.91. The van der Waals surface area contributed by atoms with Gasteiger partial charge in [-0.15, -0.1) is 0 Å². The van der Waals surface area contributed by atoms with Crippen molar-refractivity contribution in [1.82, 2.24) is 15.2 Å². The van der Waals surface area contributed by atoms with Gasteiger partial charge in [0.2, 0.25) is 11.8 Å². The molecule has 1 aliphatic rings. The molecule has 1 N–H and O–H groups in total. The maximum Gasteiger partial charge on any atom is 0.248 e. The molecule has 0 spiro atoms. The molecule has 2 rings (SSSR count). The van der Waals surface area contributed by atoms with Crippen molar-refractivity contribution in [3.8, 4) is 0 Å². The van der Waals surface area contributed by atoms with Gasteiger partial charge in [-0.05, 0) is 38.5 Å². The Morgan fingerprint density at radius 2 is 2.00 bits per heavy atom. The van der Waals surface area contributed by atoms with Crippen molar-refractivity contribution in [1.29, 1.82) is 0 Å². The fourth-order valence-corrected chi connectivity index (χ4v) is 2.30. The Balaban J connectivity index is 2.26. The van der Waals surface area contributed by atoms with Crippen molar-refractivity contribution in [2.45, 2.75) is 45.3 Å². The molecule has 1 unspecified atom stereocenters. The maximum atomic E-state index is 12.5. The Kier molecular flexibility index (Phi) is 3.55. The number of hydrogen-bond donors (Lipinski definition) is 1. The Labute approximate surface area is 113 Å². The summed E-state index contributed by atoms with van der Waals surface area (Å²) in [5.74, 6) is -0.134. The molecule has 0 bridgehead atoms. The lowest BCUT2D eigenvalue weighted by molar-refractivity contribution is -0.139. The van der Waals surface area contributed by atoms with E-state index in [1.165, 1.54) is 0 Å². The summed E-state index contributed by atoms with van der Waals surface area (Å²) < 4.78 is 0. The lowest BCUT2D eigenvalue weighted by atomic mass is 10.0. The molecule has 1 atom stereocenters. The van der Waals surface area contributed by atoms with Gasteiger partial charge < -0.3 is 10.2 Å². The van der Waals surface area contributed by atoms with Crippen molar-refractivity contribution in [3.63, 3.8) is 0 Å². The number of nitrogens with one attached hydrogen (secondary N) is 1. The third-order valence-corrected chi connectivity index (χ3v) is 3.36. The summed E-state index contributed by atoms with van der Waals surface area (Å²) in [6.45, 7) is 5.89. The summed E-state index contributed by atoms with van der Waals surface area (Å²) >= 11 is 0. The molecular formula is C14H19N3O2. The highest BCUT2D eigenvalue weighted by molar-refractivity contribution is 5.93. The molecule has 1 saturated heterocycles. The number of nitrogens with zero attached hydrogens (tertiary/aromatic N) is 2. The molecule has 1 aromatic heterocycles. The second kappa shape index (κ2) is 4.99. The quantitative estimate of drug-likeness (QED) is 0.867. The molecular weight excluding hydrogens is 242 g/mol. The molecule has 19 heavy (non-hydrogen) atoms. The van der Waals surface area contributed by atoms with Crippen LogP contribution in [0.3, 0.4) is 0 Å². The monoisotopic (exact) mass is 261 g/mol. The third kappa shape index (κ3) is 2.92. The number of carbonyl (C=O) groups is 2. The van der Waals surface area contributed by atoms with Gasteiger partial charge in [0.25, 0.3) is 0 Å². The van der Waals surface area contributed by atoms with E-state index in [1.54, 1.807) is 31.1 Å². The van der Waals surface area contributed by atoms with E-state index in [-0.39, 0.29) is 17.9 Å². The van der Waals surface area contributed by atoms with Crippen molar-refractivity contribution in [2.75, 3.05) is 0 Å². The van der Waals surface area contributed by atoms with E-state index in [0.717, 1.165) is 5.56 Å². The number of pyridine rings is 1. The van der Waals surface area contributed by atoms with Gasteiger partial charge in [0, 0.05) is 31.4 Å². The first-order valence-corrected chi connectivity index (χ1v) is 6.41. The highest BCUT2D eigenvalue weighted by Crippen LogP contribution is 2.20. The minimum atomic E-state index is -0.852. The van der Waals surface area contributed by atoms with Crippen LogP contribution in [0, 0.1) is 0 Å². The molecule has 1 fully saturated rings. The molecule has 1 aliphatic heterocycles. The standard InChI is InChI=1S/C14H19N3O2/c1-10-8-12(18)16-14(2,3)13(19)17(10)9-11-4-6-15-7-5-11/h4-7,10H,8-9H2,1-3H3,(H,16,18). The molecule has 2 heterocycles. The first kappa shape index (κ1) is 13.5. The van der Waals surface area contributed by atoms with E-state index in [9.17, 15) is 9.59 Å². The maximum absolute atomic E-state index is 12.5. The second-order valence-corrected chi connectivity index (χ2v) is 5.51. The van der Waals surface area contributed by atoms with Crippen LogP contribution < -0.4 is 5.32 Å². The molecule has 0 aliphatic carbocycles. The van der Waals surface area contributed by atoms with Crippen LogP contribution in [0.25, 0.3) is 0 Å². The molecule has 2 amide bonds. The fraction of sp³-hybridized carbons (Fsp3) is 0.500. The molecule has 0 radical (unpaired) electrons. The highest BCUT2D eigenvalue weighted by Gasteiger charge is 2.39. The van der Waals surface area contributed by atoms with Crippen molar-refractivity contribution in [3.05, 3.63) is 30.1 Å². The predicted octanol–water partition coefficient (Wildman–Crippen LogP) is 1.10. The summed E-state index contributed by atoms with van der Waals surface area (Å²) in [7, 11) is 0. The van der Waals surface area contributed by atoms with Gasteiger partial charge in [-0.3, -0.25) is 14.6 Å². The average molecular weight is 261 g/mol. The van der Waals surface area contributed by atoms with Crippen LogP contribution in [-0.2, 0) is 16.1 Å². The highest BCUT2D eigenvalue weighted by atomic mass is 16.2.